The predicted octanol–water partition coefficient (Wildman–Crippen LogP) is 5.43. The Hall–Kier alpha value is -1.06. The van der Waals surface area contributed by atoms with Gasteiger partial charge in [0, 0.05) is 5.88 Å². The summed E-state index contributed by atoms with van der Waals surface area (Å²) >= 11 is 9.07. The fraction of sp³-hybridized carbons (Fsp3) is 0.143. The van der Waals surface area contributed by atoms with Crippen molar-refractivity contribution in [3.63, 3.8) is 0 Å². The van der Waals surface area contributed by atoms with Crippen LogP contribution in [0.5, 0.6) is 11.5 Å². The van der Waals surface area contributed by atoms with E-state index in [4.69, 9.17) is 16.3 Å². The molecular weight excluding hydrogens is 319 g/mol. The fourth-order valence-corrected chi connectivity index (χ4v) is 2.11. The molecule has 0 atom stereocenters. The third-order valence-corrected chi connectivity index (χ3v) is 3.45. The summed E-state index contributed by atoms with van der Waals surface area (Å²) in [7, 11) is 0. The Kier molecular flexibility index (Phi) is 4.25. The molecule has 0 saturated heterocycles. The second-order valence-electron chi connectivity index (χ2n) is 3.91. The van der Waals surface area contributed by atoms with Gasteiger partial charge in [-0.2, -0.15) is 0 Å². The molecule has 0 radical (unpaired) electrons. The molecule has 2 rings (SSSR count). The minimum Gasteiger partial charge on any atom is -0.456 e. The molecule has 0 bridgehead atoms. The van der Waals surface area contributed by atoms with Crippen LogP contribution in [0.1, 0.15) is 11.1 Å². The normalized spacial score (nSPS) is 10.4. The molecule has 2 aromatic carbocycles. The van der Waals surface area contributed by atoms with Gasteiger partial charge in [-0.1, -0.05) is 12.1 Å². The summed E-state index contributed by atoms with van der Waals surface area (Å²) in [4.78, 5) is 0. The molecule has 0 saturated carbocycles. The van der Waals surface area contributed by atoms with Crippen molar-refractivity contribution >= 4 is 27.5 Å². The zero-order chi connectivity index (χ0) is 13.1. The van der Waals surface area contributed by atoms with Crippen molar-refractivity contribution in [1.29, 1.82) is 0 Å². The molecule has 4 heteroatoms. The number of hydrogen-bond acceptors (Lipinski definition) is 1. The van der Waals surface area contributed by atoms with E-state index in [1.54, 1.807) is 6.07 Å². The number of alkyl halides is 1. The quantitative estimate of drug-likeness (QED) is 0.682. The first kappa shape index (κ1) is 13.4. The molecule has 0 aliphatic carbocycles. The standard InChI is InChI=1S/C14H11BrClFO/c1-9-2-3-10(8-16)6-14(9)18-13-5-4-11(17)7-12(13)15/h2-7H,8H2,1H3. The topological polar surface area (TPSA) is 9.23 Å². The first-order valence-corrected chi connectivity index (χ1v) is 6.71. The van der Waals surface area contributed by atoms with Gasteiger partial charge in [-0.3, -0.25) is 0 Å². The molecule has 0 amide bonds. The van der Waals surface area contributed by atoms with Gasteiger partial charge in [0.2, 0.25) is 0 Å². The lowest BCUT2D eigenvalue weighted by molar-refractivity contribution is 0.473. The van der Waals surface area contributed by atoms with Crippen molar-refractivity contribution in [2.75, 3.05) is 0 Å². The Balaban J connectivity index is 2.33. The largest absolute Gasteiger partial charge is 0.456 e. The van der Waals surface area contributed by atoms with Crippen LogP contribution < -0.4 is 4.74 Å². The molecular formula is C14H11BrClFO. The van der Waals surface area contributed by atoms with Crippen LogP contribution in [0.3, 0.4) is 0 Å². The van der Waals surface area contributed by atoms with Crippen LogP contribution in [0.4, 0.5) is 4.39 Å². The van der Waals surface area contributed by atoms with E-state index in [2.05, 4.69) is 15.9 Å². The van der Waals surface area contributed by atoms with E-state index in [0.717, 1.165) is 16.9 Å². The minimum absolute atomic E-state index is 0.305. The van der Waals surface area contributed by atoms with Gasteiger partial charge >= 0.3 is 0 Å². The van der Waals surface area contributed by atoms with E-state index in [1.807, 2.05) is 25.1 Å². The molecule has 0 unspecified atom stereocenters. The van der Waals surface area contributed by atoms with Gasteiger partial charge in [0.1, 0.15) is 17.3 Å². The van der Waals surface area contributed by atoms with Gasteiger partial charge in [0.25, 0.3) is 0 Å². The van der Waals surface area contributed by atoms with E-state index >= 15 is 0 Å². The lowest BCUT2D eigenvalue weighted by Crippen LogP contribution is -1.91. The maximum absolute atomic E-state index is 13.0. The highest BCUT2D eigenvalue weighted by Crippen LogP contribution is 2.32. The number of benzene rings is 2. The number of hydrogen-bond donors (Lipinski definition) is 0. The highest BCUT2D eigenvalue weighted by Gasteiger charge is 2.07. The molecule has 0 aliphatic heterocycles. The van der Waals surface area contributed by atoms with E-state index in [9.17, 15) is 4.39 Å². The van der Waals surface area contributed by atoms with E-state index in [1.165, 1.54) is 12.1 Å². The lowest BCUT2D eigenvalue weighted by Gasteiger charge is -2.11. The van der Waals surface area contributed by atoms with Gasteiger partial charge < -0.3 is 4.74 Å². The van der Waals surface area contributed by atoms with Crippen molar-refractivity contribution in [2.45, 2.75) is 12.8 Å². The summed E-state index contributed by atoms with van der Waals surface area (Å²) in [5.41, 5.74) is 1.98. The van der Waals surface area contributed by atoms with Gasteiger partial charge in [-0.25, -0.2) is 4.39 Å². The van der Waals surface area contributed by atoms with Crippen molar-refractivity contribution < 1.29 is 9.13 Å². The van der Waals surface area contributed by atoms with Gasteiger partial charge in [-0.15, -0.1) is 11.6 Å². The lowest BCUT2D eigenvalue weighted by atomic mass is 10.1. The van der Waals surface area contributed by atoms with Crippen molar-refractivity contribution in [1.82, 2.24) is 0 Å². The average molecular weight is 330 g/mol. The Bertz CT molecular complexity index is 572. The Morgan fingerprint density at radius 2 is 1.94 bits per heavy atom. The molecule has 0 spiro atoms. The molecule has 0 aliphatic rings. The molecule has 0 aromatic heterocycles. The van der Waals surface area contributed by atoms with Crippen LogP contribution in [-0.2, 0) is 5.88 Å². The Morgan fingerprint density at radius 3 is 2.61 bits per heavy atom. The van der Waals surface area contributed by atoms with Crippen LogP contribution >= 0.6 is 27.5 Å². The van der Waals surface area contributed by atoms with Crippen LogP contribution in [-0.4, -0.2) is 0 Å². The molecule has 0 heterocycles. The summed E-state index contributed by atoms with van der Waals surface area (Å²) in [6.45, 7) is 1.95. The van der Waals surface area contributed by atoms with Crippen molar-refractivity contribution in [3.8, 4) is 11.5 Å². The van der Waals surface area contributed by atoms with Crippen LogP contribution in [0.15, 0.2) is 40.9 Å². The Labute approximate surface area is 119 Å². The first-order valence-electron chi connectivity index (χ1n) is 5.38. The fourth-order valence-electron chi connectivity index (χ4n) is 1.51. The molecule has 18 heavy (non-hydrogen) atoms. The third kappa shape index (κ3) is 3.03. The van der Waals surface area contributed by atoms with E-state index < -0.39 is 0 Å². The number of aryl methyl sites for hydroxylation is 1. The maximum Gasteiger partial charge on any atom is 0.141 e. The van der Waals surface area contributed by atoms with Crippen molar-refractivity contribution in [2.24, 2.45) is 0 Å². The predicted molar refractivity (Wildman–Crippen MR) is 74.9 cm³/mol. The van der Waals surface area contributed by atoms with E-state index in [-0.39, 0.29) is 5.82 Å². The third-order valence-electron chi connectivity index (χ3n) is 2.52. The molecule has 1 nitrogen and oxygen atoms in total. The smallest absolute Gasteiger partial charge is 0.141 e. The summed E-state index contributed by atoms with van der Waals surface area (Å²) in [5, 5.41) is 0. The summed E-state index contributed by atoms with van der Waals surface area (Å²) in [6, 6.07) is 10.1. The average Bonchev–Trinajstić information content (AvgIpc) is 2.35. The molecule has 2 aromatic rings. The summed E-state index contributed by atoms with van der Waals surface area (Å²) in [5.74, 6) is 1.42. The summed E-state index contributed by atoms with van der Waals surface area (Å²) < 4.78 is 19.3. The highest BCUT2D eigenvalue weighted by atomic mass is 79.9. The van der Waals surface area contributed by atoms with Crippen LogP contribution in [0.2, 0.25) is 0 Å². The number of halogens is 3. The van der Waals surface area contributed by atoms with Crippen molar-refractivity contribution in [3.05, 3.63) is 57.8 Å². The Morgan fingerprint density at radius 1 is 1.17 bits per heavy atom. The van der Waals surface area contributed by atoms with Gasteiger partial charge in [-0.05, 0) is 58.2 Å². The molecule has 0 fully saturated rings. The monoisotopic (exact) mass is 328 g/mol. The zero-order valence-corrected chi connectivity index (χ0v) is 12.1. The molecule has 0 N–H and O–H groups in total. The first-order chi connectivity index (χ1) is 8.60. The summed E-state index contributed by atoms with van der Waals surface area (Å²) in [6.07, 6.45) is 0. The maximum atomic E-state index is 13.0. The second kappa shape index (κ2) is 5.72. The van der Waals surface area contributed by atoms with Gasteiger partial charge in [0.05, 0.1) is 4.47 Å². The van der Waals surface area contributed by atoms with Gasteiger partial charge in [0.15, 0.2) is 0 Å². The minimum atomic E-state index is -0.305. The van der Waals surface area contributed by atoms with Crippen LogP contribution in [0, 0.1) is 12.7 Å². The highest BCUT2D eigenvalue weighted by molar-refractivity contribution is 9.10. The molecule has 94 valence electrons. The number of rotatable bonds is 3. The van der Waals surface area contributed by atoms with E-state index in [0.29, 0.717) is 16.1 Å². The SMILES string of the molecule is Cc1ccc(CCl)cc1Oc1ccc(F)cc1Br. The second-order valence-corrected chi connectivity index (χ2v) is 5.03. The van der Waals surface area contributed by atoms with Crippen LogP contribution in [0.25, 0.3) is 0 Å². The zero-order valence-electron chi connectivity index (χ0n) is 9.71. The number of ether oxygens (including phenoxy) is 1.